The molecule has 1 unspecified atom stereocenters. The molecular formula is C14H17N3OS. The van der Waals surface area contributed by atoms with Gasteiger partial charge < -0.3 is 10.6 Å². The van der Waals surface area contributed by atoms with Gasteiger partial charge in [0.15, 0.2) is 0 Å². The summed E-state index contributed by atoms with van der Waals surface area (Å²) in [6.07, 6.45) is 0.531. The Balaban J connectivity index is 1.74. The van der Waals surface area contributed by atoms with E-state index in [9.17, 15) is 4.79 Å². The standard InChI is InChI=1S/C14H17N3OS/c15-8-11-1-3-12(4-2-11)9-17-14(18)7-13-10-19-6-5-16-13/h1-4,13,16H,5-7,9-10H2,(H,17,18). The molecule has 1 atom stereocenters. The number of thioether (sulfide) groups is 1. The third kappa shape index (κ3) is 4.58. The Morgan fingerprint density at radius 3 is 2.89 bits per heavy atom. The normalized spacial score (nSPS) is 18.6. The highest BCUT2D eigenvalue weighted by molar-refractivity contribution is 7.99. The highest BCUT2D eigenvalue weighted by Crippen LogP contribution is 2.10. The van der Waals surface area contributed by atoms with Crippen molar-refractivity contribution in [3.63, 3.8) is 0 Å². The van der Waals surface area contributed by atoms with Gasteiger partial charge in [-0.1, -0.05) is 12.1 Å². The minimum Gasteiger partial charge on any atom is -0.352 e. The van der Waals surface area contributed by atoms with Crippen LogP contribution in [0.3, 0.4) is 0 Å². The first-order valence-corrected chi connectivity index (χ1v) is 7.50. The van der Waals surface area contributed by atoms with Crippen molar-refractivity contribution in [3.8, 4) is 6.07 Å². The summed E-state index contributed by atoms with van der Waals surface area (Å²) in [4.78, 5) is 11.8. The van der Waals surface area contributed by atoms with Crippen LogP contribution in [0.25, 0.3) is 0 Å². The average Bonchev–Trinajstić information content (AvgIpc) is 2.47. The second-order valence-corrected chi connectivity index (χ2v) is 5.67. The van der Waals surface area contributed by atoms with Crippen molar-refractivity contribution in [2.24, 2.45) is 0 Å². The van der Waals surface area contributed by atoms with Crippen molar-refractivity contribution in [1.29, 1.82) is 5.26 Å². The van der Waals surface area contributed by atoms with E-state index in [-0.39, 0.29) is 5.91 Å². The molecule has 0 aliphatic carbocycles. The molecule has 1 amide bonds. The van der Waals surface area contributed by atoms with Gasteiger partial charge in [-0.15, -0.1) is 0 Å². The number of carbonyl (C=O) groups excluding carboxylic acids is 1. The van der Waals surface area contributed by atoms with Crippen LogP contribution < -0.4 is 10.6 Å². The molecule has 1 saturated heterocycles. The number of benzene rings is 1. The molecule has 100 valence electrons. The maximum absolute atomic E-state index is 11.8. The predicted molar refractivity (Wildman–Crippen MR) is 76.7 cm³/mol. The fourth-order valence-electron chi connectivity index (χ4n) is 1.94. The third-order valence-corrected chi connectivity index (χ3v) is 4.13. The highest BCUT2D eigenvalue weighted by atomic mass is 32.2. The third-order valence-electron chi connectivity index (χ3n) is 3.00. The molecule has 19 heavy (non-hydrogen) atoms. The van der Waals surface area contributed by atoms with Crippen LogP contribution in [0.5, 0.6) is 0 Å². The summed E-state index contributed by atoms with van der Waals surface area (Å²) in [5.41, 5.74) is 1.65. The summed E-state index contributed by atoms with van der Waals surface area (Å²) in [6, 6.07) is 9.63. The maximum Gasteiger partial charge on any atom is 0.221 e. The Morgan fingerprint density at radius 2 is 2.26 bits per heavy atom. The SMILES string of the molecule is N#Cc1ccc(CNC(=O)CC2CSCCN2)cc1. The van der Waals surface area contributed by atoms with Gasteiger partial charge in [-0.25, -0.2) is 0 Å². The number of nitrogens with zero attached hydrogens (tertiary/aromatic N) is 1. The first-order valence-electron chi connectivity index (χ1n) is 6.35. The summed E-state index contributed by atoms with van der Waals surface area (Å²) >= 11 is 1.89. The van der Waals surface area contributed by atoms with Gasteiger partial charge in [-0.3, -0.25) is 4.79 Å². The number of carbonyl (C=O) groups is 1. The van der Waals surface area contributed by atoms with Crippen molar-refractivity contribution >= 4 is 17.7 Å². The van der Waals surface area contributed by atoms with E-state index in [1.165, 1.54) is 0 Å². The summed E-state index contributed by atoms with van der Waals surface area (Å²) in [6.45, 7) is 1.50. The largest absolute Gasteiger partial charge is 0.352 e. The zero-order chi connectivity index (χ0) is 13.5. The summed E-state index contributed by atoms with van der Waals surface area (Å²) in [7, 11) is 0. The molecule has 1 heterocycles. The van der Waals surface area contributed by atoms with Crippen LogP contribution in [-0.4, -0.2) is 30.0 Å². The number of nitrogens with one attached hydrogen (secondary N) is 2. The van der Waals surface area contributed by atoms with Crippen LogP contribution >= 0.6 is 11.8 Å². The average molecular weight is 275 g/mol. The Bertz CT molecular complexity index is 461. The second kappa shape index (κ2) is 7.17. The van der Waals surface area contributed by atoms with E-state index >= 15 is 0 Å². The Morgan fingerprint density at radius 1 is 1.47 bits per heavy atom. The van der Waals surface area contributed by atoms with Gasteiger partial charge in [0, 0.05) is 37.1 Å². The van der Waals surface area contributed by atoms with E-state index < -0.39 is 0 Å². The number of amides is 1. The van der Waals surface area contributed by atoms with Gasteiger partial charge in [-0.2, -0.15) is 17.0 Å². The molecule has 5 heteroatoms. The molecule has 4 nitrogen and oxygen atoms in total. The van der Waals surface area contributed by atoms with Crippen molar-refractivity contribution < 1.29 is 4.79 Å². The van der Waals surface area contributed by atoms with Gasteiger partial charge >= 0.3 is 0 Å². The van der Waals surface area contributed by atoms with E-state index in [0.717, 1.165) is 23.6 Å². The summed E-state index contributed by atoms with van der Waals surface area (Å²) < 4.78 is 0. The fraction of sp³-hybridized carbons (Fsp3) is 0.429. The quantitative estimate of drug-likeness (QED) is 0.868. The highest BCUT2D eigenvalue weighted by Gasteiger charge is 2.16. The second-order valence-electron chi connectivity index (χ2n) is 4.52. The molecular weight excluding hydrogens is 258 g/mol. The lowest BCUT2D eigenvalue weighted by atomic mass is 10.1. The summed E-state index contributed by atoms with van der Waals surface area (Å²) in [5.74, 6) is 2.21. The Labute approximate surface area is 117 Å². The van der Waals surface area contributed by atoms with Gasteiger partial charge in [0.05, 0.1) is 11.6 Å². The van der Waals surface area contributed by atoms with Gasteiger partial charge in [-0.05, 0) is 17.7 Å². The minimum atomic E-state index is 0.0735. The lowest BCUT2D eigenvalue weighted by Crippen LogP contribution is -2.41. The van der Waals surface area contributed by atoms with Crippen molar-refractivity contribution in [3.05, 3.63) is 35.4 Å². The molecule has 0 aromatic heterocycles. The van der Waals surface area contributed by atoms with Gasteiger partial charge in [0.1, 0.15) is 0 Å². The molecule has 1 aliphatic rings. The molecule has 0 spiro atoms. The number of rotatable bonds is 4. The minimum absolute atomic E-state index is 0.0735. The number of hydrogen-bond donors (Lipinski definition) is 2. The number of hydrogen-bond acceptors (Lipinski definition) is 4. The molecule has 2 N–H and O–H groups in total. The van der Waals surface area contributed by atoms with E-state index in [4.69, 9.17) is 5.26 Å². The fourth-order valence-corrected chi connectivity index (χ4v) is 2.89. The first-order chi connectivity index (χ1) is 9.28. The van der Waals surface area contributed by atoms with Crippen LogP contribution in [0.15, 0.2) is 24.3 Å². The lowest BCUT2D eigenvalue weighted by Gasteiger charge is -2.22. The van der Waals surface area contributed by atoms with E-state index in [2.05, 4.69) is 16.7 Å². The molecule has 1 aliphatic heterocycles. The Hall–Kier alpha value is -1.51. The number of nitriles is 1. The first kappa shape index (κ1) is 13.9. The molecule has 1 aromatic carbocycles. The van der Waals surface area contributed by atoms with Crippen molar-refractivity contribution in [2.75, 3.05) is 18.1 Å². The van der Waals surface area contributed by atoms with Crippen LogP contribution in [0.2, 0.25) is 0 Å². The van der Waals surface area contributed by atoms with Crippen LogP contribution in [0, 0.1) is 11.3 Å². The molecule has 0 radical (unpaired) electrons. The molecule has 0 saturated carbocycles. The molecule has 2 rings (SSSR count). The maximum atomic E-state index is 11.8. The van der Waals surface area contributed by atoms with Gasteiger partial charge in [0.2, 0.25) is 5.91 Å². The van der Waals surface area contributed by atoms with Crippen molar-refractivity contribution in [2.45, 2.75) is 19.0 Å². The lowest BCUT2D eigenvalue weighted by molar-refractivity contribution is -0.121. The smallest absolute Gasteiger partial charge is 0.221 e. The zero-order valence-electron chi connectivity index (χ0n) is 10.7. The molecule has 0 bridgehead atoms. The van der Waals surface area contributed by atoms with Crippen LogP contribution in [0.1, 0.15) is 17.5 Å². The summed E-state index contributed by atoms with van der Waals surface area (Å²) in [5, 5.41) is 15.0. The van der Waals surface area contributed by atoms with Crippen molar-refractivity contribution in [1.82, 2.24) is 10.6 Å². The Kier molecular flexibility index (Phi) is 5.25. The molecule has 1 aromatic rings. The van der Waals surface area contributed by atoms with E-state index in [1.807, 2.05) is 23.9 Å². The monoisotopic (exact) mass is 275 g/mol. The van der Waals surface area contributed by atoms with E-state index in [0.29, 0.717) is 24.6 Å². The predicted octanol–water partition coefficient (Wildman–Crippen LogP) is 1.27. The van der Waals surface area contributed by atoms with Crippen LogP contribution in [0.4, 0.5) is 0 Å². The molecule has 1 fully saturated rings. The van der Waals surface area contributed by atoms with Crippen LogP contribution in [-0.2, 0) is 11.3 Å². The van der Waals surface area contributed by atoms with E-state index in [1.54, 1.807) is 12.1 Å². The zero-order valence-corrected chi connectivity index (χ0v) is 11.5. The van der Waals surface area contributed by atoms with Gasteiger partial charge in [0.25, 0.3) is 0 Å². The topological polar surface area (TPSA) is 64.9 Å².